The molecule has 0 aromatic carbocycles. The van der Waals surface area contributed by atoms with Crippen molar-refractivity contribution < 1.29 is 13.6 Å². The maximum atomic E-state index is 12.2. The van der Waals surface area contributed by atoms with Gasteiger partial charge < -0.3 is 4.90 Å². The molecule has 1 aromatic heterocycles. The van der Waals surface area contributed by atoms with Gasteiger partial charge in [-0.2, -0.15) is 5.10 Å². The molecule has 0 radical (unpaired) electrons. The van der Waals surface area contributed by atoms with E-state index in [-0.39, 0.29) is 12.1 Å². The van der Waals surface area contributed by atoms with Crippen molar-refractivity contribution in [2.24, 2.45) is 0 Å². The highest BCUT2D eigenvalue weighted by Gasteiger charge is 2.19. The Labute approximate surface area is 93.8 Å². The lowest BCUT2D eigenvalue weighted by Crippen LogP contribution is -2.36. The third-order valence-corrected chi connectivity index (χ3v) is 2.10. The van der Waals surface area contributed by atoms with E-state index in [1.54, 1.807) is 0 Å². The highest BCUT2D eigenvalue weighted by atomic mass is 79.9. The lowest BCUT2D eigenvalue weighted by atomic mass is 10.3. The Bertz CT molecular complexity index is 305. The quantitative estimate of drug-likeness (QED) is 0.832. The number of aromatic amines is 1. The molecule has 0 bridgehead atoms. The zero-order valence-corrected chi connectivity index (χ0v) is 9.38. The number of hydrogen-bond acceptors (Lipinski definition) is 2. The summed E-state index contributed by atoms with van der Waals surface area (Å²) in [6.07, 6.45) is 0.171. The van der Waals surface area contributed by atoms with Gasteiger partial charge in [-0.25, -0.2) is 8.78 Å². The van der Waals surface area contributed by atoms with Gasteiger partial charge in [0.2, 0.25) is 0 Å². The number of rotatable bonds is 5. The molecule has 0 aliphatic carbocycles. The second kappa shape index (κ2) is 5.79. The molecule has 0 spiro atoms. The highest BCUT2D eigenvalue weighted by Crippen LogP contribution is 2.06. The van der Waals surface area contributed by atoms with Gasteiger partial charge in [-0.3, -0.25) is 9.89 Å². The number of halogens is 3. The Morgan fingerprint density at radius 3 is 2.87 bits per heavy atom. The van der Waals surface area contributed by atoms with Gasteiger partial charge >= 0.3 is 0 Å². The Kier molecular flexibility index (Phi) is 4.67. The largest absolute Gasteiger partial charge is 0.332 e. The van der Waals surface area contributed by atoms with Gasteiger partial charge in [0, 0.05) is 18.1 Å². The fourth-order valence-corrected chi connectivity index (χ4v) is 1.52. The fourth-order valence-electron chi connectivity index (χ4n) is 1.09. The summed E-state index contributed by atoms with van der Waals surface area (Å²) in [6.45, 7) is -0.316. The van der Waals surface area contributed by atoms with Gasteiger partial charge in [-0.15, -0.1) is 0 Å². The van der Waals surface area contributed by atoms with Crippen LogP contribution in [0.1, 0.15) is 10.4 Å². The summed E-state index contributed by atoms with van der Waals surface area (Å²) in [5, 5.41) is 6.52. The Morgan fingerprint density at radius 2 is 2.40 bits per heavy atom. The van der Waals surface area contributed by atoms with Crippen molar-refractivity contribution in [3.05, 3.63) is 18.0 Å². The van der Waals surface area contributed by atoms with Crippen LogP contribution >= 0.6 is 15.9 Å². The lowest BCUT2D eigenvalue weighted by Gasteiger charge is -2.20. The Morgan fingerprint density at radius 1 is 1.67 bits per heavy atom. The van der Waals surface area contributed by atoms with Crippen LogP contribution < -0.4 is 0 Å². The first-order chi connectivity index (χ1) is 7.15. The van der Waals surface area contributed by atoms with Gasteiger partial charge in [0.05, 0.1) is 18.3 Å². The highest BCUT2D eigenvalue weighted by molar-refractivity contribution is 9.09. The minimum Gasteiger partial charge on any atom is -0.332 e. The van der Waals surface area contributed by atoms with Crippen LogP contribution in [0.25, 0.3) is 0 Å². The maximum absolute atomic E-state index is 12.2. The van der Waals surface area contributed by atoms with Crippen LogP contribution in [0, 0.1) is 0 Å². The van der Waals surface area contributed by atoms with Crippen LogP contribution in [0.15, 0.2) is 12.4 Å². The van der Waals surface area contributed by atoms with Crippen molar-refractivity contribution in [3.63, 3.8) is 0 Å². The van der Waals surface area contributed by atoms with Crippen molar-refractivity contribution in [2.45, 2.75) is 6.43 Å². The molecular formula is C8H10BrF2N3O. The third-order valence-electron chi connectivity index (χ3n) is 1.75. The average Bonchev–Trinajstić information content (AvgIpc) is 2.68. The molecule has 7 heteroatoms. The van der Waals surface area contributed by atoms with E-state index in [1.807, 2.05) is 0 Å². The maximum Gasteiger partial charge on any atom is 0.257 e. The van der Waals surface area contributed by atoms with Crippen LogP contribution in [0.5, 0.6) is 0 Å². The van der Waals surface area contributed by atoms with E-state index in [0.29, 0.717) is 5.33 Å². The summed E-state index contributed by atoms with van der Waals surface area (Å²) >= 11 is 3.11. The van der Waals surface area contributed by atoms with Gasteiger partial charge in [-0.1, -0.05) is 15.9 Å². The second-order valence-electron chi connectivity index (χ2n) is 2.82. The molecule has 15 heavy (non-hydrogen) atoms. The van der Waals surface area contributed by atoms with Crippen molar-refractivity contribution >= 4 is 21.8 Å². The van der Waals surface area contributed by atoms with Crippen molar-refractivity contribution in [1.82, 2.24) is 15.1 Å². The van der Waals surface area contributed by atoms with Crippen LogP contribution in [0.3, 0.4) is 0 Å². The summed E-state index contributed by atoms with van der Waals surface area (Å²) in [6, 6.07) is 0. The van der Waals surface area contributed by atoms with E-state index in [1.165, 1.54) is 12.4 Å². The summed E-state index contributed by atoms with van der Waals surface area (Å²) in [5.41, 5.74) is 0.289. The normalized spacial score (nSPS) is 10.7. The third kappa shape index (κ3) is 3.58. The second-order valence-corrected chi connectivity index (χ2v) is 3.61. The predicted octanol–water partition coefficient (Wildman–Crippen LogP) is 1.51. The zero-order chi connectivity index (χ0) is 11.3. The van der Waals surface area contributed by atoms with Crippen LogP contribution in [0.4, 0.5) is 8.78 Å². The van der Waals surface area contributed by atoms with E-state index in [9.17, 15) is 13.6 Å². The first-order valence-corrected chi connectivity index (χ1v) is 5.39. The van der Waals surface area contributed by atoms with Gasteiger partial charge in [-0.05, 0) is 0 Å². The number of alkyl halides is 3. The molecule has 1 heterocycles. The van der Waals surface area contributed by atoms with Crippen LogP contribution in [0.2, 0.25) is 0 Å². The van der Waals surface area contributed by atoms with E-state index >= 15 is 0 Å². The SMILES string of the molecule is O=C(c1cn[nH]c1)N(CCBr)CC(F)F. The number of carbonyl (C=O) groups is 1. The molecule has 0 saturated carbocycles. The molecule has 1 amide bonds. The van der Waals surface area contributed by atoms with Crippen molar-refractivity contribution in [1.29, 1.82) is 0 Å². The summed E-state index contributed by atoms with van der Waals surface area (Å²) < 4.78 is 24.4. The smallest absolute Gasteiger partial charge is 0.257 e. The molecule has 0 aliphatic rings. The summed E-state index contributed by atoms with van der Waals surface area (Å²) in [7, 11) is 0. The average molecular weight is 282 g/mol. The summed E-state index contributed by atoms with van der Waals surface area (Å²) in [4.78, 5) is 12.7. The molecule has 0 unspecified atom stereocenters. The minimum absolute atomic E-state index is 0.244. The minimum atomic E-state index is -2.53. The van der Waals surface area contributed by atoms with Crippen LogP contribution in [-0.2, 0) is 0 Å². The molecule has 1 N–H and O–H groups in total. The standard InChI is InChI=1S/C8H10BrF2N3O/c9-1-2-14(5-7(10)11)8(15)6-3-12-13-4-6/h3-4,7H,1-2,5H2,(H,12,13). The number of amides is 1. The van der Waals surface area contributed by atoms with Crippen molar-refractivity contribution in [2.75, 3.05) is 18.4 Å². The lowest BCUT2D eigenvalue weighted by molar-refractivity contribution is 0.0572. The van der Waals surface area contributed by atoms with Gasteiger partial charge in [0.25, 0.3) is 12.3 Å². The summed E-state index contributed by atoms with van der Waals surface area (Å²) in [5.74, 6) is -0.441. The van der Waals surface area contributed by atoms with E-state index in [2.05, 4.69) is 26.1 Å². The van der Waals surface area contributed by atoms with Crippen LogP contribution in [-0.4, -0.2) is 45.8 Å². The molecule has 1 aromatic rings. The van der Waals surface area contributed by atoms with E-state index < -0.39 is 18.9 Å². The molecule has 0 aliphatic heterocycles. The number of hydrogen-bond donors (Lipinski definition) is 1. The topological polar surface area (TPSA) is 49.0 Å². The number of aromatic nitrogens is 2. The predicted molar refractivity (Wildman–Crippen MR) is 54.3 cm³/mol. The first kappa shape index (κ1) is 12.1. The van der Waals surface area contributed by atoms with Crippen molar-refractivity contribution in [3.8, 4) is 0 Å². The molecule has 84 valence electrons. The molecule has 0 fully saturated rings. The number of nitrogens with one attached hydrogen (secondary N) is 1. The van der Waals surface area contributed by atoms with Gasteiger partial charge in [0.1, 0.15) is 0 Å². The zero-order valence-electron chi connectivity index (χ0n) is 7.79. The fraction of sp³-hybridized carbons (Fsp3) is 0.500. The number of carbonyl (C=O) groups excluding carboxylic acids is 1. The number of nitrogens with zero attached hydrogens (tertiary/aromatic N) is 2. The molecule has 0 saturated heterocycles. The van der Waals surface area contributed by atoms with E-state index in [0.717, 1.165) is 4.90 Å². The van der Waals surface area contributed by atoms with Gasteiger partial charge in [0.15, 0.2) is 0 Å². The monoisotopic (exact) mass is 281 g/mol. The Hall–Kier alpha value is -0.980. The molecule has 1 rings (SSSR count). The number of H-pyrrole nitrogens is 1. The Balaban J connectivity index is 2.67. The van der Waals surface area contributed by atoms with E-state index in [4.69, 9.17) is 0 Å². The molecular weight excluding hydrogens is 272 g/mol. The first-order valence-electron chi connectivity index (χ1n) is 4.27. The molecule has 0 atom stereocenters. The molecule has 4 nitrogen and oxygen atoms in total.